The molecule has 0 saturated carbocycles. The van der Waals surface area contributed by atoms with Crippen LogP contribution in [0, 0.1) is 5.82 Å². The number of amides is 2. The number of carbonyl (C=O) groups excluding carboxylic acids is 2. The van der Waals surface area contributed by atoms with Crippen molar-refractivity contribution in [3.05, 3.63) is 77.0 Å². The number of rotatable bonds is 15. The lowest BCUT2D eigenvalue weighted by atomic mass is 10.1. The largest absolute Gasteiger partial charge is 0.473 e. The molecule has 0 unspecified atom stereocenters. The van der Waals surface area contributed by atoms with Gasteiger partial charge in [0.05, 0.1) is 6.61 Å². The molecular weight excluding hydrogens is 453 g/mol. The predicted octanol–water partition coefficient (Wildman–Crippen LogP) is 2.58. The van der Waals surface area contributed by atoms with Crippen molar-refractivity contribution in [1.29, 1.82) is 0 Å². The highest BCUT2D eigenvalue weighted by molar-refractivity contribution is 5.99. The van der Waals surface area contributed by atoms with E-state index in [-0.39, 0.29) is 30.6 Å². The maximum absolute atomic E-state index is 13.5. The monoisotopic (exact) mass is 485 g/mol. The third kappa shape index (κ3) is 8.20. The summed E-state index contributed by atoms with van der Waals surface area (Å²) in [4.78, 5) is 36.3. The van der Waals surface area contributed by atoms with Gasteiger partial charge in [-0.25, -0.2) is 15.3 Å². The van der Waals surface area contributed by atoms with Gasteiger partial charge < -0.3 is 19.4 Å². The summed E-state index contributed by atoms with van der Waals surface area (Å²) in [5.41, 5.74) is 1.79. The third-order valence-electron chi connectivity index (χ3n) is 5.22. The van der Waals surface area contributed by atoms with Crippen LogP contribution in [-0.4, -0.2) is 55.8 Å². The summed E-state index contributed by atoms with van der Waals surface area (Å²) in [6.07, 6.45) is 1.62. The Hall–Kier alpha value is -3.76. The van der Waals surface area contributed by atoms with Crippen molar-refractivity contribution in [1.82, 2.24) is 15.1 Å². The Bertz CT molecular complexity index is 1010. The van der Waals surface area contributed by atoms with Gasteiger partial charge in [0.15, 0.2) is 12.6 Å². The van der Waals surface area contributed by atoms with E-state index >= 15 is 0 Å². The van der Waals surface area contributed by atoms with Crippen molar-refractivity contribution >= 4 is 19.0 Å². The minimum absolute atomic E-state index is 0.0469. The van der Waals surface area contributed by atoms with Crippen molar-refractivity contribution in [2.24, 2.45) is 10.9 Å². The molecule has 2 aromatic rings. The quantitative estimate of drug-likeness (QED) is 0.0997. The maximum Gasteiger partial charge on any atom is 0.277 e. The molecule has 2 aromatic carbocycles. The Morgan fingerprint density at radius 2 is 1.94 bits per heavy atom. The first-order chi connectivity index (χ1) is 16.9. The molecule has 0 aliphatic heterocycles. The molecule has 0 bridgehead atoms. The molecular formula is C25H32FN5O4. The van der Waals surface area contributed by atoms with E-state index in [0.29, 0.717) is 31.7 Å². The molecule has 0 saturated heterocycles. The van der Waals surface area contributed by atoms with Gasteiger partial charge in [-0.05, 0) is 48.9 Å². The number of hydrogen-bond donors (Lipinski definition) is 2. The summed E-state index contributed by atoms with van der Waals surface area (Å²) >= 11 is 0. The number of ether oxygens (including phenoxy) is 1. The van der Waals surface area contributed by atoms with Gasteiger partial charge in [-0.1, -0.05) is 37.3 Å². The molecule has 188 valence electrons. The Balaban J connectivity index is 2.50. The lowest BCUT2D eigenvalue weighted by molar-refractivity contribution is -0.124. The molecule has 0 aliphatic rings. The zero-order valence-corrected chi connectivity index (χ0v) is 20.1. The number of nitrogens with one attached hydrogen (secondary N) is 1. The van der Waals surface area contributed by atoms with Crippen molar-refractivity contribution in [3.63, 3.8) is 0 Å². The van der Waals surface area contributed by atoms with E-state index in [0.717, 1.165) is 17.5 Å². The maximum atomic E-state index is 13.5. The Labute approximate surface area is 205 Å². The van der Waals surface area contributed by atoms with Gasteiger partial charge in [-0.15, -0.1) is 0 Å². The topological polar surface area (TPSA) is 109 Å². The summed E-state index contributed by atoms with van der Waals surface area (Å²) in [6.45, 7) is 6.53. The number of benzene rings is 2. The lowest BCUT2D eigenvalue weighted by Gasteiger charge is -2.30. The number of hydrogen-bond acceptors (Lipinski definition) is 8. The van der Waals surface area contributed by atoms with Gasteiger partial charge in [0.25, 0.3) is 5.91 Å². The molecule has 0 heterocycles. The number of para-hydroxylation sites is 1. The smallest absolute Gasteiger partial charge is 0.277 e. The number of aryl methyl sites for hydroxylation is 1. The van der Waals surface area contributed by atoms with Crippen molar-refractivity contribution in [2.45, 2.75) is 26.3 Å². The SMILES string of the molecule is C=N/C(=C(/C(=O)NC=O)N(COc1ccccc1CC)Cc1ccc(F)cc1)N(C)CCCON. The standard InChI is InChI=1S/C25H32FN5O4/c1-4-20-8-5-6-9-22(20)34-18-31(16-19-10-12-21(26)13-11-19)23(25(33)29-17-32)24(28-2)30(3)14-7-15-35-27/h5-6,8-13,17H,2,4,7,14-16,18,27H2,1,3H3,(H,29,32,33)/b24-23+. The van der Waals surface area contributed by atoms with Crippen molar-refractivity contribution in [2.75, 3.05) is 26.9 Å². The predicted molar refractivity (Wildman–Crippen MR) is 131 cm³/mol. The van der Waals surface area contributed by atoms with E-state index in [1.165, 1.54) is 12.1 Å². The Morgan fingerprint density at radius 3 is 2.57 bits per heavy atom. The molecule has 2 rings (SSSR count). The van der Waals surface area contributed by atoms with Crippen LogP contribution in [0.3, 0.4) is 0 Å². The summed E-state index contributed by atoms with van der Waals surface area (Å²) in [5, 5.41) is 2.18. The average Bonchev–Trinajstić information content (AvgIpc) is 2.86. The summed E-state index contributed by atoms with van der Waals surface area (Å²) in [5.74, 6) is 4.95. The molecule has 3 N–H and O–H groups in total. The van der Waals surface area contributed by atoms with E-state index in [4.69, 9.17) is 10.6 Å². The Kier molecular flexibility index (Phi) is 11.4. The molecule has 9 nitrogen and oxygen atoms in total. The minimum Gasteiger partial charge on any atom is -0.473 e. The highest BCUT2D eigenvalue weighted by atomic mass is 19.1. The lowest BCUT2D eigenvalue weighted by Crippen LogP contribution is -2.39. The minimum atomic E-state index is -0.682. The molecule has 0 radical (unpaired) electrons. The highest BCUT2D eigenvalue weighted by Crippen LogP contribution is 2.23. The van der Waals surface area contributed by atoms with E-state index in [1.807, 2.05) is 31.2 Å². The van der Waals surface area contributed by atoms with Gasteiger partial charge in [-0.2, -0.15) is 0 Å². The van der Waals surface area contributed by atoms with Crippen LogP contribution in [0.15, 0.2) is 65.0 Å². The van der Waals surface area contributed by atoms with Crippen LogP contribution >= 0.6 is 0 Å². The first kappa shape index (κ1) is 27.5. The van der Waals surface area contributed by atoms with Crippen LogP contribution in [0.4, 0.5) is 4.39 Å². The fraction of sp³-hybridized carbons (Fsp3) is 0.320. The first-order valence-corrected chi connectivity index (χ1v) is 11.1. The second-order valence-corrected chi connectivity index (χ2v) is 7.63. The van der Waals surface area contributed by atoms with Crippen LogP contribution in [0.25, 0.3) is 0 Å². The Morgan fingerprint density at radius 1 is 1.23 bits per heavy atom. The van der Waals surface area contributed by atoms with E-state index < -0.39 is 5.91 Å². The number of carbonyl (C=O) groups is 2. The first-order valence-electron chi connectivity index (χ1n) is 11.1. The normalized spacial score (nSPS) is 11.3. The fourth-order valence-electron chi connectivity index (χ4n) is 3.46. The summed E-state index contributed by atoms with van der Waals surface area (Å²) < 4.78 is 19.6. The number of nitrogens with two attached hydrogens (primary N) is 1. The molecule has 2 amide bonds. The second-order valence-electron chi connectivity index (χ2n) is 7.63. The van der Waals surface area contributed by atoms with Crippen LogP contribution in [-0.2, 0) is 27.4 Å². The van der Waals surface area contributed by atoms with Gasteiger partial charge in [0, 0.05) is 20.1 Å². The molecule has 0 fully saturated rings. The van der Waals surface area contributed by atoms with Gasteiger partial charge in [0.2, 0.25) is 6.41 Å². The number of nitrogens with zero attached hydrogens (tertiary/aromatic N) is 3. The summed E-state index contributed by atoms with van der Waals surface area (Å²) in [6, 6.07) is 13.5. The van der Waals surface area contributed by atoms with Crippen molar-refractivity contribution in [3.8, 4) is 5.75 Å². The van der Waals surface area contributed by atoms with Gasteiger partial charge in [-0.3, -0.25) is 14.9 Å². The number of halogens is 1. The van der Waals surface area contributed by atoms with Crippen LogP contribution in [0.5, 0.6) is 5.75 Å². The summed E-state index contributed by atoms with van der Waals surface area (Å²) in [7, 11) is 1.73. The number of aliphatic imine (C=N–C) groups is 1. The fourth-order valence-corrected chi connectivity index (χ4v) is 3.46. The van der Waals surface area contributed by atoms with Crippen molar-refractivity contribution < 1.29 is 23.6 Å². The second kappa shape index (κ2) is 14.5. The van der Waals surface area contributed by atoms with E-state index in [2.05, 4.69) is 21.9 Å². The number of imide groups is 1. The zero-order chi connectivity index (χ0) is 25.6. The third-order valence-corrected chi connectivity index (χ3v) is 5.22. The molecule has 0 aromatic heterocycles. The molecule has 10 heteroatoms. The van der Waals surface area contributed by atoms with Gasteiger partial charge >= 0.3 is 0 Å². The van der Waals surface area contributed by atoms with Crippen LogP contribution in [0.1, 0.15) is 24.5 Å². The van der Waals surface area contributed by atoms with Gasteiger partial charge in [0.1, 0.15) is 17.3 Å². The van der Waals surface area contributed by atoms with Crippen LogP contribution < -0.4 is 16.0 Å². The molecule has 0 spiro atoms. The molecule has 0 atom stereocenters. The van der Waals surface area contributed by atoms with Crippen LogP contribution in [0.2, 0.25) is 0 Å². The zero-order valence-electron chi connectivity index (χ0n) is 20.1. The molecule has 0 aliphatic carbocycles. The average molecular weight is 486 g/mol. The van der Waals surface area contributed by atoms with E-state index in [1.54, 1.807) is 29.0 Å². The molecule has 35 heavy (non-hydrogen) atoms. The van der Waals surface area contributed by atoms with E-state index in [9.17, 15) is 14.0 Å². The highest BCUT2D eigenvalue weighted by Gasteiger charge is 2.25.